The molecule has 0 radical (unpaired) electrons. The summed E-state index contributed by atoms with van der Waals surface area (Å²) in [5, 5.41) is 0.783. The summed E-state index contributed by atoms with van der Waals surface area (Å²) in [6.07, 6.45) is 0.860. The first-order valence-corrected chi connectivity index (χ1v) is 10.2. The van der Waals surface area contributed by atoms with Crippen molar-refractivity contribution in [2.24, 2.45) is 0 Å². The van der Waals surface area contributed by atoms with E-state index in [1.54, 1.807) is 18.2 Å². The van der Waals surface area contributed by atoms with Gasteiger partial charge in [-0.2, -0.15) is 0 Å². The summed E-state index contributed by atoms with van der Waals surface area (Å²) in [4.78, 5) is 28.6. The molecule has 1 aromatic heterocycles. The van der Waals surface area contributed by atoms with Crippen LogP contribution >= 0.6 is 11.3 Å². The van der Waals surface area contributed by atoms with Gasteiger partial charge in [0.25, 0.3) is 11.8 Å². The van der Waals surface area contributed by atoms with Crippen LogP contribution in [-0.4, -0.2) is 37.1 Å². The van der Waals surface area contributed by atoms with Gasteiger partial charge in [0.05, 0.1) is 30.5 Å². The Morgan fingerprint density at radius 3 is 2.70 bits per heavy atom. The van der Waals surface area contributed by atoms with E-state index in [-0.39, 0.29) is 13.2 Å². The van der Waals surface area contributed by atoms with Crippen LogP contribution in [0.25, 0.3) is 10.2 Å². The third-order valence-corrected chi connectivity index (χ3v) is 5.01. The summed E-state index contributed by atoms with van der Waals surface area (Å²) in [6.45, 7) is 2.56. The number of fused-ring (bicyclic) bond motifs is 1. The molecule has 2 amide bonds. The monoisotopic (exact) mass is 429 g/mol. The van der Waals surface area contributed by atoms with Gasteiger partial charge in [0.1, 0.15) is 11.6 Å². The quantitative estimate of drug-likeness (QED) is 0.507. The number of methoxy groups -OCH3 is 1. The van der Waals surface area contributed by atoms with E-state index < -0.39 is 11.8 Å². The zero-order valence-electron chi connectivity index (χ0n) is 16.8. The third kappa shape index (κ3) is 5.68. The lowest BCUT2D eigenvalue weighted by Crippen LogP contribution is -2.43. The molecule has 3 rings (SSSR count). The number of carbonyl (C=O) groups excluding carboxylic acids is 2. The zero-order chi connectivity index (χ0) is 21.3. The lowest BCUT2D eigenvalue weighted by molar-refractivity contribution is -0.126. The van der Waals surface area contributed by atoms with Crippen molar-refractivity contribution in [1.29, 1.82) is 0 Å². The Morgan fingerprint density at radius 1 is 1.10 bits per heavy atom. The van der Waals surface area contributed by atoms with Crippen molar-refractivity contribution in [3.8, 4) is 11.5 Å². The summed E-state index contributed by atoms with van der Waals surface area (Å²) >= 11 is 1.51. The van der Waals surface area contributed by atoms with E-state index in [1.165, 1.54) is 18.4 Å². The predicted molar refractivity (Wildman–Crippen MR) is 114 cm³/mol. The highest BCUT2D eigenvalue weighted by molar-refractivity contribution is 7.18. The van der Waals surface area contributed by atoms with Crippen LogP contribution in [0.4, 0.5) is 0 Å². The molecule has 158 valence electrons. The van der Waals surface area contributed by atoms with Gasteiger partial charge in [0.15, 0.2) is 11.5 Å². The van der Waals surface area contributed by atoms with Gasteiger partial charge in [0.2, 0.25) is 0 Å². The highest BCUT2D eigenvalue weighted by Crippen LogP contribution is 2.28. The number of hydrogen-bond acceptors (Lipinski definition) is 7. The van der Waals surface area contributed by atoms with Crippen LogP contribution in [-0.2, 0) is 16.1 Å². The van der Waals surface area contributed by atoms with Gasteiger partial charge in [-0.05, 0) is 36.8 Å². The minimum absolute atomic E-state index is 0.205. The Bertz CT molecular complexity index is 988. The van der Waals surface area contributed by atoms with Crippen molar-refractivity contribution in [2.45, 2.75) is 20.0 Å². The second-order valence-electron chi connectivity index (χ2n) is 6.28. The Balaban J connectivity index is 1.45. The van der Waals surface area contributed by atoms with Gasteiger partial charge >= 0.3 is 0 Å². The van der Waals surface area contributed by atoms with E-state index in [0.717, 1.165) is 21.6 Å². The summed E-state index contributed by atoms with van der Waals surface area (Å²) in [5.41, 5.74) is 5.91. The molecule has 0 saturated carbocycles. The Morgan fingerprint density at radius 2 is 1.93 bits per heavy atom. The summed E-state index contributed by atoms with van der Waals surface area (Å²) < 4.78 is 17.3. The predicted octanol–water partition coefficient (Wildman–Crippen LogP) is 3.07. The number of aromatic nitrogens is 1. The maximum atomic E-state index is 12.3. The van der Waals surface area contributed by atoms with E-state index in [2.05, 4.69) is 15.8 Å². The molecular weight excluding hydrogens is 406 g/mol. The number of hydrazine groups is 1. The maximum Gasteiger partial charge on any atom is 0.269 e. The highest BCUT2D eigenvalue weighted by Gasteiger charge is 2.12. The number of ether oxygens (including phenoxy) is 3. The van der Waals surface area contributed by atoms with Gasteiger partial charge < -0.3 is 14.2 Å². The number of carbonyl (C=O) groups is 2. The Labute approximate surface area is 178 Å². The Kier molecular flexibility index (Phi) is 7.58. The average molecular weight is 429 g/mol. The smallest absolute Gasteiger partial charge is 0.269 e. The van der Waals surface area contributed by atoms with Crippen molar-refractivity contribution < 1.29 is 23.8 Å². The van der Waals surface area contributed by atoms with Gasteiger partial charge in [-0.1, -0.05) is 19.1 Å². The van der Waals surface area contributed by atoms with Gasteiger partial charge in [-0.15, -0.1) is 11.3 Å². The molecule has 0 aliphatic carbocycles. The number of amides is 2. The van der Waals surface area contributed by atoms with E-state index in [4.69, 9.17) is 14.2 Å². The molecule has 30 heavy (non-hydrogen) atoms. The standard InChI is InChI=1S/C21H23N3O5S/c1-3-10-29-16-9-8-14(11-17(16)27-2)21(26)24-23-19(25)12-28-13-20-22-15-6-4-5-7-18(15)30-20/h4-9,11H,3,10,12-13H2,1-2H3,(H,23,25)(H,24,26). The molecule has 8 nitrogen and oxygen atoms in total. The first-order chi connectivity index (χ1) is 14.6. The number of para-hydroxylation sites is 1. The fraction of sp³-hybridized carbons (Fsp3) is 0.286. The van der Waals surface area contributed by atoms with Crippen LogP contribution < -0.4 is 20.3 Å². The summed E-state index contributed by atoms with van der Waals surface area (Å²) in [6, 6.07) is 12.6. The highest BCUT2D eigenvalue weighted by atomic mass is 32.1. The van der Waals surface area contributed by atoms with Crippen molar-refractivity contribution >= 4 is 33.4 Å². The topological polar surface area (TPSA) is 98.8 Å². The summed E-state index contributed by atoms with van der Waals surface area (Å²) in [5.74, 6) is 0.0546. The lowest BCUT2D eigenvalue weighted by Gasteiger charge is -2.12. The van der Waals surface area contributed by atoms with Crippen molar-refractivity contribution in [1.82, 2.24) is 15.8 Å². The molecule has 0 bridgehead atoms. The van der Waals surface area contributed by atoms with E-state index >= 15 is 0 Å². The van der Waals surface area contributed by atoms with Gasteiger partial charge in [-0.3, -0.25) is 20.4 Å². The van der Waals surface area contributed by atoms with Crippen molar-refractivity contribution in [2.75, 3.05) is 20.3 Å². The van der Waals surface area contributed by atoms with Crippen LogP contribution in [0.5, 0.6) is 11.5 Å². The molecule has 0 aliphatic rings. The molecule has 0 saturated heterocycles. The second-order valence-corrected chi connectivity index (χ2v) is 7.40. The first-order valence-electron chi connectivity index (χ1n) is 9.43. The average Bonchev–Trinajstić information content (AvgIpc) is 3.18. The van der Waals surface area contributed by atoms with Crippen LogP contribution in [0.3, 0.4) is 0 Å². The number of nitrogens with zero attached hydrogens (tertiary/aromatic N) is 1. The normalized spacial score (nSPS) is 10.6. The third-order valence-electron chi connectivity index (χ3n) is 4.00. The Hall–Kier alpha value is -3.17. The van der Waals surface area contributed by atoms with E-state index in [0.29, 0.717) is 23.7 Å². The van der Waals surface area contributed by atoms with Crippen molar-refractivity contribution in [3.63, 3.8) is 0 Å². The van der Waals surface area contributed by atoms with E-state index in [9.17, 15) is 9.59 Å². The van der Waals surface area contributed by atoms with Crippen LogP contribution in [0.15, 0.2) is 42.5 Å². The molecule has 2 aromatic carbocycles. The van der Waals surface area contributed by atoms with E-state index in [1.807, 2.05) is 31.2 Å². The fourth-order valence-electron chi connectivity index (χ4n) is 2.59. The van der Waals surface area contributed by atoms with Crippen LogP contribution in [0.2, 0.25) is 0 Å². The molecule has 2 N–H and O–H groups in total. The number of rotatable bonds is 9. The maximum absolute atomic E-state index is 12.3. The minimum Gasteiger partial charge on any atom is -0.493 e. The number of thiazole rings is 1. The van der Waals surface area contributed by atoms with Crippen LogP contribution in [0.1, 0.15) is 28.7 Å². The van der Waals surface area contributed by atoms with Crippen molar-refractivity contribution in [3.05, 3.63) is 53.0 Å². The molecule has 9 heteroatoms. The lowest BCUT2D eigenvalue weighted by atomic mass is 10.2. The largest absolute Gasteiger partial charge is 0.493 e. The number of nitrogens with one attached hydrogen (secondary N) is 2. The molecular formula is C21H23N3O5S. The SMILES string of the molecule is CCCOc1ccc(C(=O)NNC(=O)COCc2nc3ccccc3s2)cc1OC. The van der Waals surface area contributed by atoms with Gasteiger partial charge in [-0.25, -0.2) is 4.98 Å². The van der Waals surface area contributed by atoms with Crippen LogP contribution in [0, 0.1) is 0 Å². The zero-order valence-corrected chi connectivity index (χ0v) is 17.6. The molecule has 0 aliphatic heterocycles. The number of benzene rings is 2. The minimum atomic E-state index is -0.477. The molecule has 0 unspecified atom stereocenters. The fourth-order valence-corrected chi connectivity index (χ4v) is 3.49. The molecule has 0 atom stereocenters. The molecule has 3 aromatic rings. The second kappa shape index (κ2) is 10.6. The van der Waals surface area contributed by atoms with Gasteiger partial charge in [0, 0.05) is 5.56 Å². The summed E-state index contributed by atoms with van der Waals surface area (Å²) in [7, 11) is 1.50. The molecule has 1 heterocycles. The molecule has 0 fully saturated rings. The first kappa shape index (κ1) is 21.5. The number of hydrogen-bond donors (Lipinski definition) is 2. The molecule has 0 spiro atoms.